The number of carbonyl (C=O) groups excluding carboxylic acids is 1. The molecule has 0 aromatic carbocycles. The lowest BCUT2D eigenvalue weighted by molar-refractivity contribution is 0.0860. The van der Waals surface area contributed by atoms with E-state index in [9.17, 15) is 4.79 Å². The van der Waals surface area contributed by atoms with Gasteiger partial charge in [-0.25, -0.2) is 4.79 Å². The van der Waals surface area contributed by atoms with Crippen molar-refractivity contribution in [3.8, 4) is 0 Å². The summed E-state index contributed by atoms with van der Waals surface area (Å²) in [5.41, 5.74) is 0.949. The minimum Gasteiger partial charge on any atom is -0.472 e. The molecule has 0 aliphatic carbocycles. The summed E-state index contributed by atoms with van der Waals surface area (Å²) in [6, 6.07) is 1.69. The van der Waals surface area contributed by atoms with Crippen LogP contribution in [0.4, 0.5) is 4.79 Å². The molecule has 2 amide bonds. The molecule has 0 saturated carbocycles. The number of furan rings is 1. The van der Waals surface area contributed by atoms with Crippen LogP contribution in [-0.2, 0) is 11.3 Å². The average molecular weight is 238 g/mol. The van der Waals surface area contributed by atoms with Crippen molar-refractivity contribution in [2.45, 2.75) is 38.5 Å². The Morgan fingerprint density at radius 1 is 1.65 bits per heavy atom. The van der Waals surface area contributed by atoms with Gasteiger partial charge in [0.1, 0.15) is 0 Å². The van der Waals surface area contributed by atoms with Crippen LogP contribution in [0.2, 0.25) is 0 Å². The largest absolute Gasteiger partial charge is 0.472 e. The van der Waals surface area contributed by atoms with Crippen molar-refractivity contribution < 1.29 is 13.9 Å². The number of nitrogens with one attached hydrogen (secondary N) is 2. The van der Waals surface area contributed by atoms with E-state index in [-0.39, 0.29) is 18.2 Å². The first-order valence-corrected chi connectivity index (χ1v) is 5.93. The average Bonchev–Trinajstić information content (AvgIpc) is 2.99. The summed E-state index contributed by atoms with van der Waals surface area (Å²) in [7, 11) is 0. The van der Waals surface area contributed by atoms with Crippen LogP contribution >= 0.6 is 0 Å². The molecule has 2 unspecified atom stereocenters. The molecule has 1 aliphatic heterocycles. The Hall–Kier alpha value is -1.49. The van der Waals surface area contributed by atoms with E-state index in [1.807, 2.05) is 13.0 Å². The van der Waals surface area contributed by atoms with Gasteiger partial charge in [-0.15, -0.1) is 0 Å². The molecule has 1 fully saturated rings. The maximum atomic E-state index is 11.6. The fourth-order valence-corrected chi connectivity index (χ4v) is 1.92. The van der Waals surface area contributed by atoms with E-state index in [1.54, 1.807) is 12.5 Å². The van der Waals surface area contributed by atoms with E-state index >= 15 is 0 Å². The van der Waals surface area contributed by atoms with Crippen LogP contribution in [0.3, 0.4) is 0 Å². The molecule has 1 aromatic rings. The third kappa shape index (κ3) is 3.49. The van der Waals surface area contributed by atoms with Crippen molar-refractivity contribution in [2.24, 2.45) is 0 Å². The Labute approximate surface area is 101 Å². The molecule has 2 N–H and O–H groups in total. The number of ether oxygens (including phenoxy) is 1. The van der Waals surface area contributed by atoms with Gasteiger partial charge in [-0.05, 0) is 25.8 Å². The van der Waals surface area contributed by atoms with Gasteiger partial charge in [0.2, 0.25) is 0 Å². The Morgan fingerprint density at radius 2 is 2.53 bits per heavy atom. The second-order valence-corrected chi connectivity index (χ2v) is 4.30. The van der Waals surface area contributed by atoms with Crippen molar-refractivity contribution in [3.05, 3.63) is 24.2 Å². The minimum absolute atomic E-state index is 0.0434. The highest BCUT2D eigenvalue weighted by atomic mass is 16.5. The second-order valence-electron chi connectivity index (χ2n) is 4.30. The van der Waals surface area contributed by atoms with E-state index in [1.165, 1.54) is 0 Å². The smallest absolute Gasteiger partial charge is 0.315 e. The molecule has 17 heavy (non-hydrogen) atoms. The lowest BCUT2D eigenvalue weighted by Crippen LogP contribution is -2.45. The highest BCUT2D eigenvalue weighted by Crippen LogP contribution is 2.15. The summed E-state index contributed by atoms with van der Waals surface area (Å²) in [4.78, 5) is 11.6. The topological polar surface area (TPSA) is 63.5 Å². The fraction of sp³-hybridized carbons (Fsp3) is 0.583. The van der Waals surface area contributed by atoms with Gasteiger partial charge in [0.15, 0.2) is 0 Å². The Morgan fingerprint density at radius 3 is 3.18 bits per heavy atom. The summed E-state index contributed by atoms with van der Waals surface area (Å²) in [6.45, 7) is 3.24. The first kappa shape index (κ1) is 12.0. The monoisotopic (exact) mass is 238 g/mol. The molecule has 2 rings (SSSR count). The van der Waals surface area contributed by atoms with Crippen LogP contribution in [0, 0.1) is 0 Å². The Balaban J connectivity index is 1.69. The van der Waals surface area contributed by atoms with Crippen LogP contribution in [-0.4, -0.2) is 24.8 Å². The summed E-state index contributed by atoms with van der Waals surface area (Å²) in [5.74, 6) is 0. The summed E-state index contributed by atoms with van der Waals surface area (Å²) < 4.78 is 10.4. The molecule has 2 atom stereocenters. The van der Waals surface area contributed by atoms with Crippen molar-refractivity contribution in [1.82, 2.24) is 10.6 Å². The van der Waals surface area contributed by atoms with Gasteiger partial charge >= 0.3 is 6.03 Å². The molecule has 5 heteroatoms. The second kappa shape index (κ2) is 5.72. The standard InChI is InChI=1S/C12H18N2O3/c1-9(11-3-2-5-17-11)14-12(15)13-7-10-4-6-16-8-10/h4,6,8-9,11H,2-3,5,7H2,1H3,(H2,13,14,15). The quantitative estimate of drug-likeness (QED) is 0.838. The first-order chi connectivity index (χ1) is 8.25. The Bertz CT molecular complexity index is 345. The number of carbonyl (C=O) groups is 1. The number of hydrogen-bond donors (Lipinski definition) is 2. The fourth-order valence-electron chi connectivity index (χ4n) is 1.92. The van der Waals surface area contributed by atoms with Gasteiger partial charge in [0.25, 0.3) is 0 Å². The van der Waals surface area contributed by atoms with Gasteiger partial charge in [0, 0.05) is 18.7 Å². The van der Waals surface area contributed by atoms with Gasteiger partial charge in [0.05, 0.1) is 24.7 Å². The van der Waals surface area contributed by atoms with Crippen molar-refractivity contribution >= 4 is 6.03 Å². The molecule has 0 radical (unpaired) electrons. The van der Waals surface area contributed by atoms with Gasteiger partial charge in [-0.1, -0.05) is 0 Å². The summed E-state index contributed by atoms with van der Waals surface area (Å²) in [5, 5.41) is 5.65. The molecule has 1 saturated heterocycles. The van der Waals surface area contributed by atoms with Gasteiger partial charge in [-0.2, -0.15) is 0 Å². The van der Waals surface area contributed by atoms with Crippen molar-refractivity contribution in [2.75, 3.05) is 6.61 Å². The molecular formula is C12H18N2O3. The predicted octanol–water partition coefficient (Wildman–Crippen LogP) is 1.65. The Kier molecular flexibility index (Phi) is 4.03. The molecule has 0 bridgehead atoms. The van der Waals surface area contributed by atoms with Crippen molar-refractivity contribution in [3.63, 3.8) is 0 Å². The van der Waals surface area contributed by atoms with E-state index in [4.69, 9.17) is 9.15 Å². The van der Waals surface area contributed by atoms with Crippen LogP contribution in [0.15, 0.2) is 23.0 Å². The summed E-state index contributed by atoms with van der Waals surface area (Å²) in [6.07, 6.45) is 5.44. The van der Waals surface area contributed by atoms with Gasteiger partial charge < -0.3 is 19.8 Å². The predicted molar refractivity (Wildman–Crippen MR) is 62.5 cm³/mol. The van der Waals surface area contributed by atoms with E-state index < -0.39 is 0 Å². The lowest BCUT2D eigenvalue weighted by atomic mass is 10.1. The van der Waals surface area contributed by atoms with Crippen LogP contribution in [0.5, 0.6) is 0 Å². The highest BCUT2D eigenvalue weighted by molar-refractivity contribution is 5.74. The zero-order chi connectivity index (χ0) is 12.1. The molecule has 5 nitrogen and oxygen atoms in total. The maximum Gasteiger partial charge on any atom is 0.315 e. The van der Waals surface area contributed by atoms with Crippen molar-refractivity contribution in [1.29, 1.82) is 0 Å². The van der Waals surface area contributed by atoms with E-state index in [0.29, 0.717) is 6.54 Å². The normalized spacial score (nSPS) is 21.1. The third-order valence-electron chi connectivity index (χ3n) is 2.91. The molecule has 2 heterocycles. The van der Waals surface area contributed by atoms with Crippen LogP contribution < -0.4 is 10.6 Å². The first-order valence-electron chi connectivity index (χ1n) is 5.93. The minimum atomic E-state index is -0.172. The number of urea groups is 1. The van der Waals surface area contributed by atoms with Gasteiger partial charge in [-0.3, -0.25) is 0 Å². The third-order valence-corrected chi connectivity index (χ3v) is 2.91. The molecule has 1 aliphatic rings. The van der Waals surface area contributed by atoms with E-state index in [2.05, 4.69) is 10.6 Å². The molecular weight excluding hydrogens is 220 g/mol. The molecule has 0 spiro atoms. The number of hydrogen-bond acceptors (Lipinski definition) is 3. The lowest BCUT2D eigenvalue weighted by Gasteiger charge is -2.20. The summed E-state index contributed by atoms with van der Waals surface area (Å²) >= 11 is 0. The highest BCUT2D eigenvalue weighted by Gasteiger charge is 2.23. The molecule has 1 aromatic heterocycles. The maximum absolute atomic E-state index is 11.6. The van der Waals surface area contributed by atoms with Crippen LogP contribution in [0.1, 0.15) is 25.3 Å². The zero-order valence-corrected chi connectivity index (χ0v) is 9.94. The number of amides is 2. The van der Waals surface area contributed by atoms with Crippen LogP contribution in [0.25, 0.3) is 0 Å². The SMILES string of the molecule is CC(NC(=O)NCc1ccoc1)C1CCCO1. The zero-order valence-electron chi connectivity index (χ0n) is 9.94. The van der Waals surface area contributed by atoms with E-state index in [0.717, 1.165) is 25.0 Å². The molecule has 94 valence electrons. The number of rotatable bonds is 4.